The molecule has 3 rings (SSSR count). The molecule has 6 nitrogen and oxygen atoms in total. The van der Waals surface area contributed by atoms with E-state index in [4.69, 9.17) is 0 Å². The fourth-order valence-electron chi connectivity index (χ4n) is 2.56. The zero-order valence-corrected chi connectivity index (χ0v) is 11.6. The van der Waals surface area contributed by atoms with Gasteiger partial charge in [0.05, 0.1) is 6.20 Å². The predicted octanol–water partition coefficient (Wildman–Crippen LogP) is 1.02. The van der Waals surface area contributed by atoms with Crippen LogP contribution in [0.2, 0.25) is 0 Å². The van der Waals surface area contributed by atoms with Gasteiger partial charge in [-0.05, 0) is 23.7 Å². The highest BCUT2D eigenvalue weighted by Crippen LogP contribution is 2.22. The first-order chi connectivity index (χ1) is 9.63. The van der Waals surface area contributed by atoms with Crippen LogP contribution in [0.1, 0.15) is 27.2 Å². The highest BCUT2D eigenvalue weighted by atomic mass is 16.2. The van der Waals surface area contributed by atoms with E-state index in [-0.39, 0.29) is 5.91 Å². The van der Waals surface area contributed by atoms with E-state index in [0.29, 0.717) is 12.2 Å². The Kier molecular flexibility index (Phi) is 3.23. The van der Waals surface area contributed by atoms with E-state index < -0.39 is 0 Å². The molecule has 1 aliphatic rings. The fourth-order valence-corrected chi connectivity index (χ4v) is 2.56. The summed E-state index contributed by atoms with van der Waals surface area (Å²) in [6.07, 6.45) is 1.44. The minimum absolute atomic E-state index is 0.128. The third kappa shape index (κ3) is 2.42. The standard InChI is InChI=1S/C14H17N5O/c1-18-8-11-4-3-10(5-12(11)9-18)7-19(2)14(20)13-6-15-17-16-13/h3-6H,7-9H2,1-2H3,(H,15,16,17). The molecule has 104 valence electrons. The number of rotatable bonds is 3. The van der Waals surface area contributed by atoms with E-state index in [2.05, 4.69) is 45.6 Å². The van der Waals surface area contributed by atoms with Crippen molar-refractivity contribution in [2.45, 2.75) is 19.6 Å². The summed E-state index contributed by atoms with van der Waals surface area (Å²) in [6.45, 7) is 2.55. The molecule has 1 N–H and O–H groups in total. The number of carbonyl (C=O) groups excluding carboxylic acids is 1. The Hall–Kier alpha value is -2.21. The minimum atomic E-state index is -0.128. The SMILES string of the molecule is CN1Cc2ccc(CN(C)C(=O)c3cn[nH]n3)cc2C1. The Bertz CT molecular complexity index is 622. The number of hydrogen-bond acceptors (Lipinski definition) is 4. The van der Waals surface area contributed by atoms with Gasteiger partial charge in [0.25, 0.3) is 5.91 Å². The van der Waals surface area contributed by atoms with Gasteiger partial charge in [0, 0.05) is 26.7 Å². The second-order valence-corrected chi connectivity index (χ2v) is 5.29. The van der Waals surface area contributed by atoms with Gasteiger partial charge in [0.1, 0.15) is 0 Å². The van der Waals surface area contributed by atoms with Crippen LogP contribution >= 0.6 is 0 Å². The molecule has 0 saturated carbocycles. The van der Waals surface area contributed by atoms with E-state index in [1.165, 1.54) is 17.3 Å². The number of H-pyrrole nitrogens is 1. The maximum Gasteiger partial charge on any atom is 0.276 e. The fraction of sp³-hybridized carbons (Fsp3) is 0.357. The summed E-state index contributed by atoms with van der Waals surface area (Å²) in [7, 11) is 3.89. The zero-order chi connectivity index (χ0) is 14.1. The Morgan fingerprint density at radius 1 is 1.40 bits per heavy atom. The molecule has 2 aromatic rings. The molecule has 1 amide bonds. The average Bonchev–Trinajstić information content (AvgIpc) is 3.05. The van der Waals surface area contributed by atoms with Crippen molar-refractivity contribution in [3.63, 3.8) is 0 Å². The highest BCUT2D eigenvalue weighted by molar-refractivity contribution is 5.91. The van der Waals surface area contributed by atoms with Crippen LogP contribution in [0.4, 0.5) is 0 Å². The van der Waals surface area contributed by atoms with Crippen LogP contribution in [0.25, 0.3) is 0 Å². The van der Waals surface area contributed by atoms with Gasteiger partial charge in [-0.3, -0.25) is 9.69 Å². The molecule has 0 atom stereocenters. The molecule has 1 aromatic carbocycles. The van der Waals surface area contributed by atoms with Gasteiger partial charge in [-0.25, -0.2) is 0 Å². The lowest BCUT2D eigenvalue weighted by Crippen LogP contribution is -2.26. The molecule has 2 heterocycles. The molecular formula is C14H17N5O. The lowest BCUT2D eigenvalue weighted by Gasteiger charge is -2.16. The number of hydrogen-bond donors (Lipinski definition) is 1. The molecular weight excluding hydrogens is 254 g/mol. The number of nitrogens with zero attached hydrogens (tertiary/aromatic N) is 4. The van der Waals surface area contributed by atoms with Crippen LogP contribution in [0.5, 0.6) is 0 Å². The van der Waals surface area contributed by atoms with Gasteiger partial charge in [-0.2, -0.15) is 15.4 Å². The summed E-state index contributed by atoms with van der Waals surface area (Å²) in [5.74, 6) is -0.128. The molecule has 0 spiro atoms. The van der Waals surface area contributed by atoms with Crippen molar-refractivity contribution >= 4 is 5.91 Å². The largest absolute Gasteiger partial charge is 0.336 e. The molecule has 0 saturated heterocycles. The number of aromatic amines is 1. The number of benzene rings is 1. The number of amides is 1. The summed E-state index contributed by atoms with van der Waals surface area (Å²) in [4.78, 5) is 16.0. The first-order valence-electron chi connectivity index (χ1n) is 6.54. The Labute approximate surface area is 117 Å². The number of carbonyl (C=O) groups is 1. The summed E-state index contributed by atoms with van der Waals surface area (Å²) < 4.78 is 0. The quantitative estimate of drug-likeness (QED) is 0.905. The maximum atomic E-state index is 12.1. The van der Waals surface area contributed by atoms with Crippen molar-refractivity contribution in [3.05, 3.63) is 46.8 Å². The summed E-state index contributed by atoms with van der Waals surface area (Å²) in [5, 5.41) is 9.93. The van der Waals surface area contributed by atoms with Gasteiger partial charge in [0.2, 0.25) is 0 Å². The van der Waals surface area contributed by atoms with Crippen molar-refractivity contribution < 1.29 is 4.79 Å². The lowest BCUT2D eigenvalue weighted by molar-refractivity contribution is 0.0779. The van der Waals surface area contributed by atoms with E-state index in [0.717, 1.165) is 18.7 Å². The molecule has 0 bridgehead atoms. The monoisotopic (exact) mass is 271 g/mol. The normalized spacial score (nSPS) is 14.3. The van der Waals surface area contributed by atoms with Crippen LogP contribution < -0.4 is 0 Å². The van der Waals surface area contributed by atoms with Crippen LogP contribution in [0, 0.1) is 0 Å². The maximum absolute atomic E-state index is 12.1. The lowest BCUT2D eigenvalue weighted by atomic mass is 10.1. The van der Waals surface area contributed by atoms with Gasteiger partial charge in [-0.1, -0.05) is 18.2 Å². The van der Waals surface area contributed by atoms with Gasteiger partial charge in [0.15, 0.2) is 5.69 Å². The van der Waals surface area contributed by atoms with Crippen molar-refractivity contribution in [1.29, 1.82) is 0 Å². The van der Waals surface area contributed by atoms with E-state index in [9.17, 15) is 4.79 Å². The minimum Gasteiger partial charge on any atom is -0.336 e. The first kappa shape index (κ1) is 12.8. The van der Waals surface area contributed by atoms with Crippen molar-refractivity contribution in [3.8, 4) is 0 Å². The van der Waals surface area contributed by atoms with Crippen molar-refractivity contribution in [2.24, 2.45) is 0 Å². The summed E-state index contributed by atoms with van der Waals surface area (Å²) >= 11 is 0. The van der Waals surface area contributed by atoms with Gasteiger partial charge < -0.3 is 4.90 Å². The Morgan fingerprint density at radius 2 is 2.20 bits per heavy atom. The first-order valence-corrected chi connectivity index (χ1v) is 6.54. The average molecular weight is 271 g/mol. The second kappa shape index (κ2) is 5.05. The third-order valence-electron chi connectivity index (χ3n) is 3.55. The zero-order valence-electron chi connectivity index (χ0n) is 11.6. The van der Waals surface area contributed by atoms with Gasteiger partial charge >= 0.3 is 0 Å². The van der Waals surface area contributed by atoms with Crippen LogP contribution in [0.3, 0.4) is 0 Å². The molecule has 0 unspecified atom stereocenters. The van der Waals surface area contributed by atoms with Gasteiger partial charge in [-0.15, -0.1) is 0 Å². The van der Waals surface area contributed by atoms with E-state index in [1.54, 1.807) is 11.9 Å². The molecule has 1 aromatic heterocycles. The van der Waals surface area contributed by atoms with E-state index in [1.807, 2.05) is 0 Å². The predicted molar refractivity (Wildman–Crippen MR) is 73.8 cm³/mol. The number of fused-ring (bicyclic) bond motifs is 1. The number of nitrogens with one attached hydrogen (secondary N) is 1. The van der Waals surface area contributed by atoms with Crippen LogP contribution in [-0.4, -0.2) is 45.2 Å². The molecule has 0 radical (unpaired) electrons. The molecule has 0 aliphatic carbocycles. The van der Waals surface area contributed by atoms with Crippen molar-refractivity contribution in [2.75, 3.05) is 14.1 Å². The number of aromatic nitrogens is 3. The van der Waals surface area contributed by atoms with Crippen molar-refractivity contribution in [1.82, 2.24) is 25.2 Å². The van der Waals surface area contributed by atoms with E-state index >= 15 is 0 Å². The summed E-state index contributed by atoms with van der Waals surface area (Å²) in [6, 6.07) is 6.43. The molecule has 20 heavy (non-hydrogen) atoms. The summed E-state index contributed by atoms with van der Waals surface area (Å²) in [5.41, 5.74) is 4.21. The van der Waals surface area contributed by atoms with Crippen LogP contribution in [0.15, 0.2) is 24.4 Å². The molecule has 0 fully saturated rings. The molecule has 1 aliphatic heterocycles. The highest BCUT2D eigenvalue weighted by Gasteiger charge is 2.18. The topological polar surface area (TPSA) is 65.1 Å². The van der Waals surface area contributed by atoms with Crippen LogP contribution in [-0.2, 0) is 19.6 Å². The Balaban J connectivity index is 1.72. The smallest absolute Gasteiger partial charge is 0.276 e. The second-order valence-electron chi connectivity index (χ2n) is 5.29. The third-order valence-corrected chi connectivity index (χ3v) is 3.55. The molecule has 6 heteroatoms. The Morgan fingerprint density at radius 3 is 2.95 bits per heavy atom.